The van der Waals surface area contributed by atoms with Gasteiger partial charge in [0, 0.05) is 25.2 Å². The largest absolute Gasteiger partial charge is 0.375 e. The number of nitrogens with two attached hydrogens (primary N) is 1. The van der Waals surface area contributed by atoms with Crippen LogP contribution in [0.5, 0.6) is 0 Å². The molecule has 0 amide bonds. The van der Waals surface area contributed by atoms with Gasteiger partial charge in [0.15, 0.2) is 5.82 Å². The lowest BCUT2D eigenvalue weighted by molar-refractivity contribution is 0.0380. The molecule has 1 aliphatic heterocycles. The zero-order chi connectivity index (χ0) is 11.4. The third kappa shape index (κ3) is 2.31. The van der Waals surface area contributed by atoms with E-state index in [4.69, 9.17) is 10.5 Å². The van der Waals surface area contributed by atoms with Crippen LogP contribution in [0.15, 0.2) is 12.3 Å². The first-order valence-electron chi connectivity index (χ1n) is 5.72. The normalized spacial score (nSPS) is 21.1. The van der Waals surface area contributed by atoms with E-state index in [0.29, 0.717) is 12.6 Å². The Hall–Kier alpha value is -1.20. The zero-order valence-corrected chi connectivity index (χ0v) is 9.59. The van der Waals surface area contributed by atoms with Gasteiger partial charge >= 0.3 is 0 Å². The Morgan fingerprint density at radius 2 is 2.50 bits per heavy atom. The van der Waals surface area contributed by atoms with E-state index in [1.54, 1.807) is 6.20 Å². The quantitative estimate of drug-likeness (QED) is 0.809. The van der Waals surface area contributed by atoms with Gasteiger partial charge in [0.2, 0.25) is 0 Å². The molecule has 1 aliphatic rings. The summed E-state index contributed by atoms with van der Waals surface area (Å²) in [5.41, 5.74) is 6.75. The molecule has 5 nitrogen and oxygen atoms in total. The summed E-state index contributed by atoms with van der Waals surface area (Å²) in [6.45, 7) is 5.12. The van der Waals surface area contributed by atoms with Crippen molar-refractivity contribution in [2.75, 3.05) is 24.6 Å². The van der Waals surface area contributed by atoms with E-state index < -0.39 is 0 Å². The third-order valence-corrected chi connectivity index (χ3v) is 2.90. The molecular weight excluding hydrogens is 204 g/mol. The van der Waals surface area contributed by atoms with Crippen LogP contribution in [0, 0.1) is 0 Å². The van der Waals surface area contributed by atoms with Gasteiger partial charge in [0.1, 0.15) is 0 Å². The first-order valence-corrected chi connectivity index (χ1v) is 5.72. The highest BCUT2D eigenvalue weighted by Gasteiger charge is 2.21. The zero-order valence-electron chi connectivity index (χ0n) is 9.59. The molecule has 1 atom stereocenters. The Balaban J connectivity index is 2.16. The topological polar surface area (TPSA) is 64.3 Å². The van der Waals surface area contributed by atoms with Crippen molar-refractivity contribution in [3.05, 3.63) is 17.8 Å². The molecule has 5 heteroatoms. The number of nitrogens with zero attached hydrogens (tertiary/aromatic N) is 3. The van der Waals surface area contributed by atoms with Gasteiger partial charge in [-0.25, -0.2) is 0 Å². The molecule has 0 aromatic carbocycles. The molecule has 2 heterocycles. The monoisotopic (exact) mass is 222 g/mol. The molecule has 0 saturated carbocycles. The van der Waals surface area contributed by atoms with Crippen molar-refractivity contribution in [3.8, 4) is 0 Å². The highest BCUT2D eigenvalue weighted by molar-refractivity contribution is 5.45. The van der Waals surface area contributed by atoms with E-state index >= 15 is 0 Å². The van der Waals surface area contributed by atoms with E-state index in [0.717, 1.165) is 37.5 Å². The highest BCUT2D eigenvalue weighted by atomic mass is 16.5. The highest BCUT2D eigenvalue weighted by Crippen LogP contribution is 2.19. The van der Waals surface area contributed by atoms with Crippen LogP contribution in [0.1, 0.15) is 18.9 Å². The Labute approximate surface area is 95.6 Å². The van der Waals surface area contributed by atoms with E-state index in [1.165, 1.54) is 0 Å². The maximum Gasteiger partial charge on any atom is 0.155 e. The summed E-state index contributed by atoms with van der Waals surface area (Å²) >= 11 is 0. The van der Waals surface area contributed by atoms with Crippen molar-refractivity contribution in [2.24, 2.45) is 5.73 Å². The lowest BCUT2D eigenvalue weighted by Crippen LogP contribution is -2.43. The van der Waals surface area contributed by atoms with Crippen LogP contribution in [0.4, 0.5) is 5.82 Å². The molecule has 0 aliphatic carbocycles. The summed E-state index contributed by atoms with van der Waals surface area (Å²) in [6.07, 6.45) is 3.00. The molecule has 2 N–H and O–H groups in total. The number of ether oxygens (including phenoxy) is 1. The molecule has 0 spiro atoms. The first-order chi connectivity index (χ1) is 7.85. The molecule has 1 aromatic rings. The molecule has 0 bridgehead atoms. The van der Waals surface area contributed by atoms with E-state index in [1.807, 2.05) is 6.07 Å². The fraction of sp³-hybridized carbons (Fsp3) is 0.636. The van der Waals surface area contributed by atoms with Crippen LogP contribution >= 0.6 is 0 Å². The summed E-state index contributed by atoms with van der Waals surface area (Å²) < 4.78 is 5.63. The SMILES string of the molecule is CCC1CN(c2nnccc2CN)CCO1. The second-order valence-corrected chi connectivity index (χ2v) is 3.93. The van der Waals surface area contributed by atoms with Crippen molar-refractivity contribution < 1.29 is 4.74 Å². The molecule has 88 valence electrons. The molecule has 1 saturated heterocycles. The Bertz CT molecular complexity index is 345. The molecule has 1 fully saturated rings. The standard InChI is InChI=1S/C11H18N4O/c1-2-10-8-15(5-6-16-10)11-9(7-12)3-4-13-14-11/h3-4,10H,2,5-8,12H2,1H3. The van der Waals surface area contributed by atoms with Crippen LogP contribution in [0.2, 0.25) is 0 Å². The molecule has 2 rings (SSSR count). The third-order valence-electron chi connectivity index (χ3n) is 2.90. The number of hydrogen-bond acceptors (Lipinski definition) is 5. The van der Waals surface area contributed by atoms with Gasteiger partial charge < -0.3 is 15.4 Å². The summed E-state index contributed by atoms with van der Waals surface area (Å²) in [7, 11) is 0. The maximum atomic E-state index is 5.70. The lowest BCUT2D eigenvalue weighted by Gasteiger charge is -2.33. The van der Waals surface area contributed by atoms with Crippen molar-refractivity contribution in [3.63, 3.8) is 0 Å². The van der Waals surface area contributed by atoms with Crippen molar-refractivity contribution in [1.82, 2.24) is 10.2 Å². The fourth-order valence-electron chi connectivity index (χ4n) is 1.93. The number of morpholine rings is 1. The number of rotatable bonds is 3. The number of anilines is 1. The maximum absolute atomic E-state index is 5.70. The summed E-state index contributed by atoms with van der Waals surface area (Å²) in [6, 6.07) is 1.93. The van der Waals surface area contributed by atoms with Gasteiger partial charge in [0.05, 0.1) is 18.9 Å². The predicted molar refractivity (Wildman–Crippen MR) is 62.2 cm³/mol. The van der Waals surface area contributed by atoms with Crippen LogP contribution in [-0.4, -0.2) is 36.0 Å². The minimum atomic E-state index is 0.293. The minimum absolute atomic E-state index is 0.293. The summed E-state index contributed by atoms with van der Waals surface area (Å²) in [5, 5.41) is 8.11. The molecule has 1 unspecified atom stereocenters. The summed E-state index contributed by atoms with van der Waals surface area (Å²) in [5.74, 6) is 0.909. The Kier molecular flexibility index (Phi) is 3.69. The molecule has 1 aromatic heterocycles. The van der Waals surface area contributed by atoms with Crippen molar-refractivity contribution >= 4 is 5.82 Å². The Morgan fingerprint density at radius 3 is 3.25 bits per heavy atom. The minimum Gasteiger partial charge on any atom is -0.375 e. The van der Waals surface area contributed by atoms with Gasteiger partial charge in [-0.1, -0.05) is 6.92 Å². The van der Waals surface area contributed by atoms with Crippen LogP contribution in [0.3, 0.4) is 0 Å². The Morgan fingerprint density at radius 1 is 1.62 bits per heavy atom. The van der Waals surface area contributed by atoms with Gasteiger partial charge in [0.25, 0.3) is 0 Å². The second kappa shape index (κ2) is 5.23. The average molecular weight is 222 g/mol. The van der Waals surface area contributed by atoms with Crippen molar-refractivity contribution in [2.45, 2.75) is 26.0 Å². The van der Waals surface area contributed by atoms with Crippen LogP contribution in [-0.2, 0) is 11.3 Å². The second-order valence-electron chi connectivity index (χ2n) is 3.93. The average Bonchev–Trinajstić information content (AvgIpc) is 2.38. The predicted octanol–water partition coefficient (Wildman–Crippen LogP) is 0.551. The molecular formula is C11H18N4O. The molecule has 16 heavy (non-hydrogen) atoms. The van der Waals surface area contributed by atoms with Gasteiger partial charge in [-0.2, -0.15) is 5.10 Å². The fourth-order valence-corrected chi connectivity index (χ4v) is 1.93. The van der Waals surface area contributed by atoms with Gasteiger partial charge in [-0.15, -0.1) is 5.10 Å². The molecule has 0 radical (unpaired) electrons. The van der Waals surface area contributed by atoms with E-state index in [-0.39, 0.29) is 0 Å². The lowest BCUT2D eigenvalue weighted by atomic mass is 10.2. The summed E-state index contributed by atoms with van der Waals surface area (Å²) in [4.78, 5) is 2.22. The van der Waals surface area contributed by atoms with Gasteiger partial charge in [-0.05, 0) is 12.5 Å². The van der Waals surface area contributed by atoms with E-state index in [9.17, 15) is 0 Å². The van der Waals surface area contributed by atoms with Gasteiger partial charge in [-0.3, -0.25) is 0 Å². The van der Waals surface area contributed by atoms with Crippen LogP contribution in [0.25, 0.3) is 0 Å². The smallest absolute Gasteiger partial charge is 0.155 e. The van der Waals surface area contributed by atoms with E-state index in [2.05, 4.69) is 22.0 Å². The number of aromatic nitrogens is 2. The van der Waals surface area contributed by atoms with Crippen molar-refractivity contribution in [1.29, 1.82) is 0 Å². The van der Waals surface area contributed by atoms with Crippen LogP contribution < -0.4 is 10.6 Å². The number of hydrogen-bond donors (Lipinski definition) is 1. The first kappa shape index (κ1) is 11.3.